The molecule has 0 saturated carbocycles. The van der Waals surface area contributed by atoms with E-state index in [0.717, 1.165) is 0 Å². The molecular weight excluding hydrogens is 204 g/mol. The van der Waals surface area contributed by atoms with Gasteiger partial charge in [-0.25, -0.2) is 0 Å². The molecule has 0 heterocycles. The molecule has 3 heteroatoms. The lowest BCUT2D eigenvalue weighted by molar-refractivity contribution is 0.0995. The maximum absolute atomic E-state index is 11.8. The van der Waals surface area contributed by atoms with Crippen LogP contribution >= 0.6 is 0 Å². The average Bonchev–Trinajstić information content (AvgIpc) is 2.34. The molecule has 0 aromatic heterocycles. The maximum atomic E-state index is 11.8. The third kappa shape index (κ3) is 2.77. The molecular formula is C13H14O3. The van der Waals surface area contributed by atoms with Gasteiger partial charge in [-0.05, 0) is 19.1 Å². The Kier molecular flexibility index (Phi) is 4.41. The molecule has 0 fully saturated rings. The van der Waals surface area contributed by atoms with Crippen LogP contribution in [0.15, 0.2) is 18.2 Å². The Morgan fingerprint density at radius 2 is 2.06 bits per heavy atom. The number of rotatable bonds is 4. The monoisotopic (exact) mass is 218 g/mol. The van der Waals surface area contributed by atoms with E-state index in [1.165, 1.54) is 7.11 Å². The van der Waals surface area contributed by atoms with E-state index in [0.29, 0.717) is 17.1 Å². The van der Waals surface area contributed by atoms with E-state index in [9.17, 15) is 4.79 Å². The van der Waals surface area contributed by atoms with E-state index in [4.69, 9.17) is 9.47 Å². The molecule has 0 radical (unpaired) electrons. The predicted molar refractivity (Wildman–Crippen MR) is 61.9 cm³/mol. The van der Waals surface area contributed by atoms with Crippen molar-refractivity contribution in [2.45, 2.75) is 13.3 Å². The summed E-state index contributed by atoms with van der Waals surface area (Å²) >= 11 is 0. The molecule has 0 N–H and O–H groups in total. The minimum atomic E-state index is -0.0474. The molecule has 0 aliphatic carbocycles. The summed E-state index contributed by atoms with van der Waals surface area (Å²) in [6.45, 7) is 1.71. The van der Waals surface area contributed by atoms with Crippen LogP contribution in [0, 0.1) is 11.8 Å². The SMILES string of the molecule is CC#CCC(=O)c1ccc(OC)cc1OC. The van der Waals surface area contributed by atoms with Gasteiger partial charge >= 0.3 is 0 Å². The molecule has 0 spiro atoms. The molecule has 3 nitrogen and oxygen atoms in total. The van der Waals surface area contributed by atoms with E-state index in [2.05, 4.69) is 11.8 Å². The summed E-state index contributed by atoms with van der Waals surface area (Å²) in [7, 11) is 3.09. The first kappa shape index (κ1) is 12.1. The van der Waals surface area contributed by atoms with Gasteiger partial charge in [-0.2, -0.15) is 0 Å². The lowest BCUT2D eigenvalue weighted by atomic mass is 10.1. The number of hydrogen-bond donors (Lipinski definition) is 0. The molecule has 1 aromatic rings. The smallest absolute Gasteiger partial charge is 0.178 e. The molecule has 0 saturated heterocycles. The third-order valence-corrected chi connectivity index (χ3v) is 2.13. The Morgan fingerprint density at radius 1 is 1.31 bits per heavy atom. The second kappa shape index (κ2) is 5.82. The number of carbonyl (C=O) groups excluding carboxylic acids is 1. The standard InChI is InChI=1S/C13H14O3/c1-4-5-6-12(14)11-8-7-10(15-2)9-13(11)16-3/h7-9H,6H2,1-3H3. The summed E-state index contributed by atoms with van der Waals surface area (Å²) in [5.41, 5.74) is 0.533. The Hall–Kier alpha value is -1.95. The van der Waals surface area contributed by atoms with E-state index >= 15 is 0 Å². The molecule has 0 aliphatic heterocycles. The number of benzene rings is 1. The number of hydrogen-bond acceptors (Lipinski definition) is 3. The number of Topliss-reactive ketones (excluding diaryl/α,β-unsaturated/α-hetero) is 1. The van der Waals surface area contributed by atoms with Crippen LogP contribution < -0.4 is 9.47 Å². The highest BCUT2D eigenvalue weighted by Crippen LogP contribution is 2.25. The Morgan fingerprint density at radius 3 is 2.62 bits per heavy atom. The van der Waals surface area contributed by atoms with Crippen LogP contribution in [0.1, 0.15) is 23.7 Å². The highest BCUT2D eigenvalue weighted by Gasteiger charge is 2.11. The van der Waals surface area contributed by atoms with Gasteiger partial charge in [-0.3, -0.25) is 4.79 Å². The van der Waals surface area contributed by atoms with Crippen molar-refractivity contribution in [1.82, 2.24) is 0 Å². The first-order valence-corrected chi connectivity index (χ1v) is 4.87. The topological polar surface area (TPSA) is 35.5 Å². The fourth-order valence-corrected chi connectivity index (χ4v) is 1.29. The normalized spacial score (nSPS) is 8.94. The van der Waals surface area contributed by atoms with Crippen molar-refractivity contribution in [1.29, 1.82) is 0 Å². The summed E-state index contributed by atoms with van der Waals surface area (Å²) in [6, 6.07) is 5.11. The lowest BCUT2D eigenvalue weighted by Crippen LogP contribution is -2.01. The van der Waals surface area contributed by atoms with Crippen LogP contribution in [0.25, 0.3) is 0 Å². The molecule has 0 atom stereocenters. The zero-order valence-corrected chi connectivity index (χ0v) is 9.66. The highest BCUT2D eigenvalue weighted by molar-refractivity contribution is 6.00. The first-order chi connectivity index (χ1) is 7.72. The van der Waals surface area contributed by atoms with Crippen LogP contribution in [0.3, 0.4) is 0 Å². The van der Waals surface area contributed by atoms with Gasteiger partial charge in [0.15, 0.2) is 5.78 Å². The molecule has 0 amide bonds. The Balaban J connectivity index is 3.02. The van der Waals surface area contributed by atoms with Gasteiger partial charge in [0.05, 0.1) is 26.2 Å². The van der Waals surface area contributed by atoms with E-state index < -0.39 is 0 Å². The number of ether oxygens (including phenoxy) is 2. The second-order valence-electron chi connectivity index (χ2n) is 3.09. The summed E-state index contributed by atoms with van der Waals surface area (Å²) in [6.07, 6.45) is 0.208. The molecule has 1 rings (SSSR count). The van der Waals surface area contributed by atoms with Gasteiger partial charge in [-0.15, -0.1) is 5.92 Å². The lowest BCUT2D eigenvalue weighted by Gasteiger charge is -2.08. The summed E-state index contributed by atoms with van der Waals surface area (Å²) in [5.74, 6) is 6.56. The average molecular weight is 218 g/mol. The summed E-state index contributed by atoms with van der Waals surface area (Å²) < 4.78 is 10.2. The van der Waals surface area contributed by atoms with Crippen LogP contribution in [-0.4, -0.2) is 20.0 Å². The molecule has 84 valence electrons. The van der Waals surface area contributed by atoms with Gasteiger partial charge in [0.1, 0.15) is 11.5 Å². The van der Waals surface area contributed by atoms with Crippen LogP contribution in [0.4, 0.5) is 0 Å². The van der Waals surface area contributed by atoms with Gasteiger partial charge in [-0.1, -0.05) is 5.92 Å². The maximum Gasteiger partial charge on any atom is 0.178 e. The molecule has 0 bridgehead atoms. The minimum Gasteiger partial charge on any atom is -0.497 e. The van der Waals surface area contributed by atoms with Gasteiger partial charge in [0.25, 0.3) is 0 Å². The molecule has 16 heavy (non-hydrogen) atoms. The summed E-state index contributed by atoms with van der Waals surface area (Å²) in [5, 5.41) is 0. The van der Waals surface area contributed by atoms with Crippen LogP contribution in [0.2, 0.25) is 0 Å². The molecule has 1 aromatic carbocycles. The molecule has 0 aliphatic rings. The van der Waals surface area contributed by atoms with E-state index in [1.54, 1.807) is 32.2 Å². The van der Waals surface area contributed by atoms with Crippen molar-refractivity contribution in [3.63, 3.8) is 0 Å². The number of ketones is 1. The molecule has 0 unspecified atom stereocenters. The Bertz CT molecular complexity index is 438. The first-order valence-electron chi connectivity index (χ1n) is 4.87. The fourth-order valence-electron chi connectivity index (χ4n) is 1.29. The van der Waals surface area contributed by atoms with Crippen LogP contribution in [0.5, 0.6) is 11.5 Å². The Labute approximate surface area is 95.4 Å². The second-order valence-corrected chi connectivity index (χ2v) is 3.09. The van der Waals surface area contributed by atoms with Crippen molar-refractivity contribution in [2.24, 2.45) is 0 Å². The van der Waals surface area contributed by atoms with Gasteiger partial charge < -0.3 is 9.47 Å². The van der Waals surface area contributed by atoms with Crippen molar-refractivity contribution in [3.05, 3.63) is 23.8 Å². The van der Waals surface area contributed by atoms with E-state index in [1.807, 2.05) is 0 Å². The van der Waals surface area contributed by atoms with Crippen molar-refractivity contribution >= 4 is 5.78 Å². The van der Waals surface area contributed by atoms with Crippen LogP contribution in [-0.2, 0) is 0 Å². The largest absolute Gasteiger partial charge is 0.497 e. The van der Waals surface area contributed by atoms with Crippen molar-refractivity contribution < 1.29 is 14.3 Å². The minimum absolute atomic E-state index is 0.0474. The highest BCUT2D eigenvalue weighted by atomic mass is 16.5. The zero-order valence-electron chi connectivity index (χ0n) is 9.66. The van der Waals surface area contributed by atoms with E-state index in [-0.39, 0.29) is 12.2 Å². The van der Waals surface area contributed by atoms with Crippen molar-refractivity contribution in [3.8, 4) is 23.3 Å². The summed E-state index contributed by atoms with van der Waals surface area (Å²) in [4.78, 5) is 11.8. The number of methoxy groups -OCH3 is 2. The fraction of sp³-hybridized carbons (Fsp3) is 0.308. The zero-order chi connectivity index (χ0) is 12.0. The predicted octanol–water partition coefficient (Wildman–Crippen LogP) is 2.30. The van der Waals surface area contributed by atoms with Crippen molar-refractivity contribution in [2.75, 3.05) is 14.2 Å². The number of carbonyl (C=O) groups is 1. The van der Waals surface area contributed by atoms with Gasteiger partial charge in [0, 0.05) is 6.07 Å². The third-order valence-electron chi connectivity index (χ3n) is 2.13. The quantitative estimate of drug-likeness (QED) is 0.574. The van der Waals surface area contributed by atoms with Gasteiger partial charge in [0.2, 0.25) is 0 Å².